The van der Waals surface area contributed by atoms with Gasteiger partial charge in [0.15, 0.2) is 0 Å². The molecule has 74 valence electrons. The van der Waals surface area contributed by atoms with Crippen LogP contribution in [0.2, 0.25) is 0 Å². The van der Waals surface area contributed by atoms with E-state index in [1.54, 1.807) is 11.0 Å². The van der Waals surface area contributed by atoms with Crippen LogP contribution < -0.4 is 10.6 Å². The predicted molar refractivity (Wildman–Crippen MR) is 51.3 cm³/mol. The number of carbonyl (C=O) groups excluding carboxylic acids is 1. The van der Waals surface area contributed by atoms with E-state index in [0.717, 1.165) is 5.56 Å². The maximum absolute atomic E-state index is 13.0. The Morgan fingerprint density at radius 1 is 1.50 bits per heavy atom. The molecule has 1 aliphatic rings. The van der Waals surface area contributed by atoms with Crippen molar-refractivity contribution in [3.05, 3.63) is 29.6 Å². The van der Waals surface area contributed by atoms with Gasteiger partial charge < -0.3 is 10.6 Å². The molecule has 1 amide bonds. The number of nitrogens with zero attached hydrogens (tertiary/aromatic N) is 1. The molecule has 0 bridgehead atoms. The number of benzene rings is 1. The topological polar surface area (TPSA) is 46.3 Å². The highest BCUT2D eigenvalue weighted by Gasteiger charge is 2.26. The normalized spacial score (nSPS) is 15.6. The predicted octanol–water partition coefficient (Wildman–Crippen LogP) is 1.02. The number of carbonyl (C=O) groups is 1. The number of nitrogens with two attached hydrogens (primary N) is 1. The molecule has 1 fully saturated rings. The lowest BCUT2D eigenvalue weighted by Gasteiger charge is -2.32. The van der Waals surface area contributed by atoms with Crippen molar-refractivity contribution in [3.63, 3.8) is 0 Å². The van der Waals surface area contributed by atoms with Crippen LogP contribution >= 0.6 is 0 Å². The van der Waals surface area contributed by atoms with Crippen molar-refractivity contribution < 1.29 is 9.18 Å². The van der Waals surface area contributed by atoms with Crippen molar-refractivity contribution in [2.24, 2.45) is 5.73 Å². The first kappa shape index (κ1) is 9.15. The molecule has 4 heteroatoms. The number of β-lactam (4-membered cyclic amide) rings is 1. The van der Waals surface area contributed by atoms with Crippen LogP contribution in [0.4, 0.5) is 10.1 Å². The Balaban J connectivity index is 2.39. The van der Waals surface area contributed by atoms with Gasteiger partial charge in [-0.2, -0.15) is 0 Å². The van der Waals surface area contributed by atoms with Crippen LogP contribution in [0.5, 0.6) is 0 Å². The number of amides is 1. The summed E-state index contributed by atoms with van der Waals surface area (Å²) in [6.45, 7) is 0.981. The van der Waals surface area contributed by atoms with Gasteiger partial charge in [0.25, 0.3) is 0 Å². The molecule has 0 aliphatic carbocycles. The third-order valence-corrected chi connectivity index (χ3v) is 2.41. The molecular formula is C10H11FN2O. The zero-order valence-corrected chi connectivity index (χ0v) is 7.66. The highest BCUT2D eigenvalue weighted by atomic mass is 19.1. The molecular weight excluding hydrogens is 183 g/mol. The van der Waals surface area contributed by atoms with E-state index < -0.39 is 0 Å². The largest absolute Gasteiger partial charge is 0.326 e. The van der Waals surface area contributed by atoms with Gasteiger partial charge in [0.2, 0.25) is 5.91 Å². The van der Waals surface area contributed by atoms with E-state index in [2.05, 4.69) is 0 Å². The minimum Gasteiger partial charge on any atom is -0.326 e. The van der Waals surface area contributed by atoms with Crippen LogP contribution in [0.3, 0.4) is 0 Å². The quantitative estimate of drug-likeness (QED) is 0.714. The van der Waals surface area contributed by atoms with E-state index in [4.69, 9.17) is 5.73 Å². The van der Waals surface area contributed by atoms with Gasteiger partial charge in [0.1, 0.15) is 5.82 Å². The van der Waals surface area contributed by atoms with Gasteiger partial charge in [-0.25, -0.2) is 4.39 Å². The highest BCUT2D eigenvalue weighted by Crippen LogP contribution is 2.26. The maximum atomic E-state index is 13.0. The van der Waals surface area contributed by atoms with Gasteiger partial charge in [0.05, 0.1) is 5.69 Å². The van der Waals surface area contributed by atoms with E-state index in [1.165, 1.54) is 12.1 Å². The zero-order chi connectivity index (χ0) is 10.1. The summed E-state index contributed by atoms with van der Waals surface area (Å²) in [5, 5.41) is 0. The van der Waals surface area contributed by atoms with Crippen molar-refractivity contribution >= 4 is 11.6 Å². The van der Waals surface area contributed by atoms with Crippen LogP contribution in [0, 0.1) is 5.82 Å². The molecule has 1 saturated heterocycles. The van der Waals surface area contributed by atoms with Gasteiger partial charge in [-0.1, -0.05) is 6.07 Å². The number of hydrogen-bond donors (Lipinski definition) is 1. The number of hydrogen-bond acceptors (Lipinski definition) is 2. The van der Waals surface area contributed by atoms with Crippen LogP contribution in [-0.2, 0) is 11.3 Å². The Morgan fingerprint density at radius 3 is 2.79 bits per heavy atom. The fraction of sp³-hybridized carbons (Fsp3) is 0.300. The monoisotopic (exact) mass is 194 g/mol. The lowest BCUT2D eigenvalue weighted by Crippen LogP contribution is -2.44. The van der Waals surface area contributed by atoms with E-state index >= 15 is 0 Å². The van der Waals surface area contributed by atoms with Crippen molar-refractivity contribution in [2.45, 2.75) is 13.0 Å². The van der Waals surface area contributed by atoms with E-state index in [9.17, 15) is 9.18 Å². The van der Waals surface area contributed by atoms with Crippen LogP contribution in [-0.4, -0.2) is 12.5 Å². The smallest absolute Gasteiger partial charge is 0.228 e. The summed E-state index contributed by atoms with van der Waals surface area (Å²) in [6, 6.07) is 4.34. The summed E-state index contributed by atoms with van der Waals surface area (Å²) >= 11 is 0. The third-order valence-electron chi connectivity index (χ3n) is 2.41. The van der Waals surface area contributed by atoms with E-state index in [0.29, 0.717) is 25.2 Å². The van der Waals surface area contributed by atoms with Crippen LogP contribution in [0.1, 0.15) is 12.0 Å². The summed E-state index contributed by atoms with van der Waals surface area (Å²) in [5.74, 6) is -0.304. The van der Waals surface area contributed by atoms with Crippen LogP contribution in [0.25, 0.3) is 0 Å². The molecule has 14 heavy (non-hydrogen) atoms. The lowest BCUT2D eigenvalue weighted by atomic mass is 10.1. The fourth-order valence-electron chi connectivity index (χ4n) is 1.53. The number of anilines is 1. The first-order valence-electron chi connectivity index (χ1n) is 4.51. The first-order valence-corrected chi connectivity index (χ1v) is 4.51. The van der Waals surface area contributed by atoms with Gasteiger partial charge in [-0.05, 0) is 17.7 Å². The minimum atomic E-state index is -0.336. The molecule has 2 N–H and O–H groups in total. The van der Waals surface area contributed by atoms with Crippen molar-refractivity contribution in [3.8, 4) is 0 Å². The zero-order valence-electron chi connectivity index (χ0n) is 7.66. The molecule has 0 atom stereocenters. The Hall–Kier alpha value is -1.42. The molecule has 3 nitrogen and oxygen atoms in total. The van der Waals surface area contributed by atoms with Crippen LogP contribution in [0.15, 0.2) is 18.2 Å². The highest BCUT2D eigenvalue weighted by molar-refractivity contribution is 5.99. The lowest BCUT2D eigenvalue weighted by molar-refractivity contribution is -0.122. The molecule has 0 aromatic heterocycles. The van der Waals surface area contributed by atoms with Crippen molar-refractivity contribution in [2.75, 3.05) is 11.4 Å². The van der Waals surface area contributed by atoms with Crippen molar-refractivity contribution in [1.82, 2.24) is 0 Å². The van der Waals surface area contributed by atoms with Gasteiger partial charge in [-0.3, -0.25) is 4.79 Å². The fourth-order valence-corrected chi connectivity index (χ4v) is 1.53. The summed E-state index contributed by atoms with van der Waals surface area (Å²) in [7, 11) is 0. The molecule has 1 aromatic carbocycles. The molecule has 0 radical (unpaired) electrons. The summed E-state index contributed by atoms with van der Waals surface area (Å²) < 4.78 is 13.0. The summed E-state index contributed by atoms with van der Waals surface area (Å²) in [4.78, 5) is 12.7. The molecule has 1 aliphatic heterocycles. The Labute approximate surface area is 81.3 Å². The second kappa shape index (κ2) is 3.38. The first-order chi connectivity index (χ1) is 6.72. The van der Waals surface area contributed by atoms with Crippen molar-refractivity contribution in [1.29, 1.82) is 0 Å². The van der Waals surface area contributed by atoms with E-state index in [1.807, 2.05) is 0 Å². The average molecular weight is 194 g/mol. The van der Waals surface area contributed by atoms with Gasteiger partial charge in [-0.15, -0.1) is 0 Å². The van der Waals surface area contributed by atoms with Gasteiger partial charge in [0, 0.05) is 19.5 Å². The molecule has 0 saturated carbocycles. The average Bonchev–Trinajstić information content (AvgIpc) is 2.16. The number of rotatable bonds is 2. The molecule has 1 aromatic rings. The Kier molecular flexibility index (Phi) is 2.21. The SMILES string of the molecule is NCc1ccc(F)cc1N1CCC1=O. The second-order valence-electron chi connectivity index (χ2n) is 3.27. The standard InChI is InChI=1S/C10H11FN2O/c11-8-2-1-7(6-12)9(5-8)13-4-3-10(13)14/h1-2,5H,3-4,6,12H2. The third kappa shape index (κ3) is 1.37. The summed E-state index contributed by atoms with van der Waals surface area (Å²) in [5.41, 5.74) is 6.92. The Morgan fingerprint density at radius 2 is 2.29 bits per heavy atom. The Bertz CT molecular complexity index is 378. The maximum Gasteiger partial charge on any atom is 0.228 e. The molecule has 0 spiro atoms. The minimum absolute atomic E-state index is 0.0327. The molecule has 2 rings (SSSR count). The summed E-state index contributed by atoms with van der Waals surface area (Å²) in [6.07, 6.45) is 0.542. The second-order valence-corrected chi connectivity index (χ2v) is 3.27. The van der Waals surface area contributed by atoms with E-state index in [-0.39, 0.29) is 11.7 Å². The number of halogens is 1. The molecule has 0 unspecified atom stereocenters. The van der Waals surface area contributed by atoms with Gasteiger partial charge >= 0.3 is 0 Å². The molecule has 1 heterocycles.